The molecule has 1 aromatic carbocycles. The zero-order valence-corrected chi connectivity index (χ0v) is 12.0. The molecule has 4 heteroatoms. The summed E-state index contributed by atoms with van der Waals surface area (Å²) in [5.74, 6) is 1.30. The van der Waals surface area contributed by atoms with Crippen molar-refractivity contribution in [1.29, 1.82) is 0 Å². The molecular weight excluding hydrogens is 252 g/mol. The van der Waals surface area contributed by atoms with Gasteiger partial charge in [-0.25, -0.2) is 0 Å². The standard InChI is InChI=1S/C16H22N2O2/c1-2-16(19)18-10-8-17(9-11-18)14-7-12-20-15-6-4-3-5-13(14)15/h3-6,14H,2,7-12H2,1H3. The second kappa shape index (κ2) is 5.83. The van der Waals surface area contributed by atoms with E-state index in [0.29, 0.717) is 12.5 Å². The third kappa shape index (κ3) is 2.52. The Morgan fingerprint density at radius 1 is 1.25 bits per heavy atom. The van der Waals surface area contributed by atoms with Gasteiger partial charge in [-0.1, -0.05) is 25.1 Å². The summed E-state index contributed by atoms with van der Waals surface area (Å²) in [5, 5.41) is 0. The van der Waals surface area contributed by atoms with Crippen molar-refractivity contribution in [3.63, 3.8) is 0 Å². The second-order valence-electron chi connectivity index (χ2n) is 5.46. The SMILES string of the molecule is CCC(=O)N1CCN(C2CCOc3ccccc32)CC1. The number of amides is 1. The largest absolute Gasteiger partial charge is 0.493 e. The van der Waals surface area contributed by atoms with Crippen LogP contribution in [0.2, 0.25) is 0 Å². The van der Waals surface area contributed by atoms with Crippen LogP contribution in [-0.4, -0.2) is 48.5 Å². The molecule has 2 aliphatic rings. The molecule has 20 heavy (non-hydrogen) atoms. The van der Waals surface area contributed by atoms with E-state index in [0.717, 1.165) is 45.0 Å². The molecule has 0 aliphatic carbocycles. The first kappa shape index (κ1) is 13.4. The minimum atomic E-state index is 0.275. The van der Waals surface area contributed by atoms with Crippen LogP contribution >= 0.6 is 0 Å². The molecule has 0 bridgehead atoms. The average Bonchev–Trinajstić information content (AvgIpc) is 2.54. The number of para-hydroxylation sites is 1. The molecule has 0 spiro atoms. The number of ether oxygens (including phenoxy) is 1. The highest BCUT2D eigenvalue weighted by Gasteiger charge is 2.30. The molecule has 0 saturated carbocycles. The number of fused-ring (bicyclic) bond motifs is 1. The first-order chi connectivity index (χ1) is 9.79. The molecule has 1 aromatic rings. The summed E-state index contributed by atoms with van der Waals surface area (Å²) in [6, 6.07) is 8.77. The maximum Gasteiger partial charge on any atom is 0.222 e. The molecule has 1 atom stereocenters. The first-order valence-electron chi connectivity index (χ1n) is 7.53. The topological polar surface area (TPSA) is 32.8 Å². The lowest BCUT2D eigenvalue weighted by atomic mass is 9.98. The number of carbonyl (C=O) groups is 1. The third-order valence-electron chi connectivity index (χ3n) is 4.34. The Balaban J connectivity index is 1.69. The van der Waals surface area contributed by atoms with Crippen LogP contribution in [0.25, 0.3) is 0 Å². The molecule has 3 rings (SSSR count). The number of piperazine rings is 1. The lowest BCUT2D eigenvalue weighted by Gasteiger charge is -2.41. The van der Waals surface area contributed by atoms with Gasteiger partial charge in [-0.15, -0.1) is 0 Å². The molecule has 108 valence electrons. The Morgan fingerprint density at radius 3 is 2.75 bits per heavy atom. The molecule has 2 heterocycles. The highest BCUT2D eigenvalue weighted by atomic mass is 16.5. The van der Waals surface area contributed by atoms with Crippen LogP contribution in [0.3, 0.4) is 0 Å². The summed E-state index contributed by atoms with van der Waals surface area (Å²) < 4.78 is 5.73. The molecule has 0 aromatic heterocycles. The molecule has 1 fully saturated rings. The van der Waals surface area contributed by atoms with Crippen molar-refractivity contribution in [3.8, 4) is 5.75 Å². The Labute approximate surface area is 120 Å². The highest BCUT2D eigenvalue weighted by Crippen LogP contribution is 2.36. The summed E-state index contributed by atoms with van der Waals surface area (Å²) in [6.45, 7) is 6.35. The van der Waals surface area contributed by atoms with Crippen molar-refractivity contribution in [1.82, 2.24) is 9.80 Å². The van der Waals surface area contributed by atoms with E-state index in [9.17, 15) is 4.79 Å². The summed E-state index contributed by atoms with van der Waals surface area (Å²) in [5.41, 5.74) is 1.30. The van der Waals surface area contributed by atoms with Crippen LogP contribution in [0.4, 0.5) is 0 Å². The molecule has 2 aliphatic heterocycles. The summed E-state index contributed by atoms with van der Waals surface area (Å²) >= 11 is 0. The van der Waals surface area contributed by atoms with Crippen molar-refractivity contribution >= 4 is 5.91 Å². The van der Waals surface area contributed by atoms with Gasteiger partial charge < -0.3 is 9.64 Å². The van der Waals surface area contributed by atoms with Gasteiger partial charge in [0, 0.05) is 50.6 Å². The Bertz CT molecular complexity index is 481. The van der Waals surface area contributed by atoms with Gasteiger partial charge in [0.15, 0.2) is 0 Å². The monoisotopic (exact) mass is 274 g/mol. The number of nitrogens with zero attached hydrogens (tertiary/aromatic N) is 2. The van der Waals surface area contributed by atoms with Crippen molar-refractivity contribution in [2.45, 2.75) is 25.8 Å². The summed E-state index contributed by atoms with van der Waals surface area (Å²) in [6.07, 6.45) is 1.65. The van der Waals surface area contributed by atoms with E-state index < -0.39 is 0 Å². The van der Waals surface area contributed by atoms with E-state index in [1.807, 2.05) is 17.9 Å². The normalized spacial score (nSPS) is 23.1. The van der Waals surface area contributed by atoms with E-state index in [-0.39, 0.29) is 5.91 Å². The van der Waals surface area contributed by atoms with E-state index in [4.69, 9.17) is 4.74 Å². The number of rotatable bonds is 2. The lowest BCUT2D eigenvalue weighted by molar-refractivity contribution is -0.133. The van der Waals surface area contributed by atoms with Crippen molar-refractivity contribution < 1.29 is 9.53 Å². The average molecular weight is 274 g/mol. The lowest BCUT2D eigenvalue weighted by Crippen LogP contribution is -2.50. The van der Waals surface area contributed by atoms with E-state index >= 15 is 0 Å². The fraction of sp³-hybridized carbons (Fsp3) is 0.562. The van der Waals surface area contributed by atoms with Gasteiger partial charge in [0.2, 0.25) is 5.91 Å². The van der Waals surface area contributed by atoms with Crippen molar-refractivity contribution in [3.05, 3.63) is 29.8 Å². The number of carbonyl (C=O) groups excluding carboxylic acids is 1. The van der Waals surface area contributed by atoms with Gasteiger partial charge in [0.1, 0.15) is 5.75 Å². The van der Waals surface area contributed by atoms with E-state index in [1.165, 1.54) is 5.56 Å². The van der Waals surface area contributed by atoms with Crippen molar-refractivity contribution in [2.24, 2.45) is 0 Å². The van der Waals surface area contributed by atoms with Crippen LogP contribution in [0, 0.1) is 0 Å². The number of hydrogen-bond donors (Lipinski definition) is 0. The molecule has 0 N–H and O–H groups in total. The molecule has 1 saturated heterocycles. The van der Waals surface area contributed by atoms with Crippen LogP contribution < -0.4 is 4.74 Å². The van der Waals surface area contributed by atoms with Gasteiger partial charge >= 0.3 is 0 Å². The Morgan fingerprint density at radius 2 is 2.00 bits per heavy atom. The maximum atomic E-state index is 11.7. The minimum absolute atomic E-state index is 0.275. The van der Waals surface area contributed by atoms with Crippen LogP contribution in [0.1, 0.15) is 31.4 Å². The Kier molecular flexibility index (Phi) is 3.92. The second-order valence-corrected chi connectivity index (χ2v) is 5.46. The van der Waals surface area contributed by atoms with Gasteiger partial charge in [0.25, 0.3) is 0 Å². The zero-order valence-electron chi connectivity index (χ0n) is 12.0. The third-order valence-corrected chi connectivity index (χ3v) is 4.34. The molecular formula is C16H22N2O2. The Hall–Kier alpha value is -1.55. The minimum Gasteiger partial charge on any atom is -0.493 e. The molecule has 0 radical (unpaired) electrons. The highest BCUT2D eigenvalue weighted by molar-refractivity contribution is 5.75. The fourth-order valence-corrected chi connectivity index (χ4v) is 3.21. The van der Waals surface area contributed by atoms with E-state index in [1.54, 1.807) is 0 Å². The smallest absolute Gasteiger partial charge is 0.222 e. The summed E-state index contributed by atoms with van der Waals surface area (Å²) in [4.78, 5) is 16.2. The van der Waals surface area contributed by atoms with Gasteiger partial charge in [-0.3, -0.25) is 9.69 Å². The predicted octanol–water partition coefficient (Wildman–Crippen LogP) is 2.06. The number of benzene rings is 1. The zero-order chi connectivity index (χ0) is 13.9. The van der Waals surface area contributed by atoms with Gasteiger partial charge in [0.05, 0.1) is 6.61 Å². The molecule has 4 nitrogen and oxygen atoms in total. The maximum absolute atomic E-state index is 11.7. The summed E-state index contributed by atoms with van der Waals surface area (Å²) in [7, 11) is 0. The molecule has 1 amide bonds. The predicted molar refractivity (Wildman–Crippen MR) is 77.7 cm³/mol. The fourth-order valence-electron chi connectivity index (χ4n) is 3.21. The van der Waals surface area contributed by atoms with Gasteiger partial charge in [-0.05, 0) is 6.07 Å². The quantitative estimate of drug-likeness (QED) is 0.827. The van der Waals surface area contributed by atoms with Gasteiger partial charge in [-0.2, -0.15) is 0 Å². The molecule has 1 unspecified atom stereocenters. The van der Waals surface area contributed by atoms with Crippen LogP contribution in [0.5, 0.6) is 5.75 Å². The van der Waals surface area contributed by atoms with Crippen molar-refractivity contribution in [2.75, 3.05) is 32.8 Å². The first-order valence-corrected chi connectivity index (χ1v) is 7.53. The number of hydrogen-bond acceptors (Lipinski definition) is 3. The van der Waals surface area contributed by atoms with E-state index in [2.05, 4.69) is 23.1 Å². The van der Waals surface area contributed by atoms with Crippen LogP contribution in [0.15, 0.2) is 24.3 Å². The van der Waals surface area contributed by atoms with Crippen LogP contribution in [-0.2, 0) is 4.79 Å².